The molecule has 1 N–H and O–H groups in total. The summed E-state index contributed by atoms with van der Waals surface area (Å²) in [7, 11) is 2.09. The van der Waals surface area contributed by atoms with E-state index in [0.717, 1.165) is 51.6 Å². The molecule has 0 unspecified atom stereocenters. The highest BCUT2D eigenvalue weighted by molar-refractivity contribution is 7.07. The summed E-state index contributed by atoms with van der Waals surface area (Å²) in [6.07, 6.45) is 4.28. The van der Waals surface area contributed by atoms with Crippen LogP contribution in [0, 0.1) is 0 Å². The number of nitrogens with zero attached hydrogens (tertiary/aromatic N) is 2. The number of aliphatic imine (C=N–C) groups is 1. The lowest BCUT2D eigenvalue weighted by atomic mass is 10.1. The van der Waals surface area contributed by atoms with Gasteiger partial charge in [0, 0.05) is 26.7 Å². The van der Waals surface area contributed by atoms with Gasteiger partial charge < -0.3 is 15.0 Å². The van der Waals surface area contributed by atoms with Crippen LogP contribution in [-0.2, 0) is 11.3 Å². The molecule has 5 heteroatoms. The molecule has 116 valence electrons. The van der Waals surface area contributed by atoms with E-state index < -0.39 is 0 Å². The minimum atomic E-state index is 0.761. The van der Waals surface area contributed by atoms with Gasteiger partial charge in [-0.1, -0.05) is 11.6 Å². The molecule has 0 aliphatic carbocycles. The lowest BCUT2D eigenvalue weighted by molar-refractivity contribution is 0.153. The van der Waals surface area contributed by atoms with E-state index in [1.165, 1.54) is 11.1 Å². The number of guanidine groups is 1. The second-order valence-corrected chi connectivity index (χ2v) is 5.94. The van der Waals surface area contributed by atoms with Crippen molar-refractivity contribution < 1.29 is 4.74 Å². The Kier molecular flexibility index (Phi) is 6.76. The minimum absolute atomic E-state index is 0.761. The molecule has 0 bridgehead atoms. The molecule has 0 radical (unpaired) electrons. The number of ether oxygens (including phenoxy) is 1. The van der Waals surface area contributed by atoms with E-state index in [9.17, 15) is 0 Å². The third-order valence-electron chi connectivity index (χ3n) is 3.45. The summed E-state index contributed by atoms with van der Waals surface area (Å²) in [6.45, 7) is 6.34. The molecule has 0 fully saturated rings. The first-order valence-electron chi connectivity index (χ1n) is 7.55. The molecule has 1 aliphatic heterocycles. The van der Waals surface area contributed by atoms with Crippen LogP contribution < -0.4 is 5.32 Å². The van der Waals surface area contributed by atoms with Gasteiger partial charge in [-0.2, -0.15) is 11.3 Å². The fourth-order valence-electron chi connectivity index (χ4n) is 2.30. The molecule has 0 saturated carbocycles. The van der Waals surface area contributed by atoms with Crippen LogP contribution in [-0.4, -0.2) is 44.2 Å². The average Bonchev–Trinajstić information content (AvgIpc) is 3.00. The highest BCUT2D eigenvalue weighted by atomic mass is 32.1. The van der Waals surface area contributed by atoms with E-state index in [-0.39, 0.29) is 0 Å². The highest BCUT2D eigenvalue weighted by Crippen LogP contribution is 2.12. The van der Waals surface area contributed by atoms with Crippen molar-refractivity contribution in [3.8, 4) is 0 Å². The van der Waals surface area contributed by atoms with Gasteiger partial charge in [-0.25, -0.2) is 0 Å². The molecule has 1 aromatic rings. The number of nitrogens with one attached hydrogen (secondary N) is 1. The van der Waals surface area contributed by atoms with Crippen LogP contribution in [0.2, 0.25) is 0 Å². The SMILES string of the molecule is CCNC(=NCCC1=CCOCC1)N(C)Cc1ccsc1. The van der Waals surface area contributed by atoms with Gasteiger partial charge in [-0.15, -0.1) is 0 Å². The molecule has 0 aromatic carbocycles. The lowest BCUT2D eigenvalue weighted by Gasteiger charge is -2.22. The lowest BCUT2D eigenvalue weighted by Crippen LogP contribution is -2.38. The summed E-state index contributed by atoms with van der Waals surface area (Å²) in [5.41, 5.74) is 2.81. The molecular formula is C16H25N3OS. The summed E-state index contributed by atoms with van der Waals surface area (Å²) in [5, 5.41) is 7.67. The second-order valence-electron chi connectivity index (χ2n) is 5.16. The van der Waals surface area contributed by atoms with E-state index >= 15 is 0 Å². The van der Waals surface area contributed by atoms with Gasteiger partial charge in [-0.3, -0.25) is 4.99 Å². The summed E-state index contributed by atoms with van der Waals surface area (Å²) >= 11 is 1.74. The molecule has 0 spiro atoms. The standard InChI is InChI=1S/C16H25N3OS/c1-3-17-16(19(2)12-15-7-11-21-13-15)18-8-4-14-5-9-20-10-6-14/h5,7,11,13H,3-4,6,8-10,12H2,1-2H3,(H,17,18). The van der Waals surface area contributed by atoms with Crippen molar-refractivity contribution in [2.75, 3.05) is 33.4 Å². The maximum Gasteiger partial charge on any atom is 0.193 e. The number of hydrogen-bond acceptors (Lipinski definition) is 3. The Bertz CT molecular complexity index is 468. The predicted molar refractivity (Wildman–Crippen MR) is 89.9 cm³/mol. The van der Waals surface area contributed by atoms with Crippen molar-refractivity contribution >= 4 is 17.3 Å². The van der Waals surface area contributed by atoms with Crippen molar-refractivity contribution in [2.45, 2.75) is 26.3 Å². The number of hydrogen-bond donors (Lipinski definition) is 1. The molecular weight excluding hydrogens is 282 g/mol. The first-order valence-corrected chi connectivity index (χ1v) is 8.50. The van der Waals surface area contributed by atoms with E-state index in [2.05, 4.69) is 47.1 Å². The van der Waals surface area contributed by atoms with Crippen LogP contribution in [0.5, 0.6) is 0 Å². The van der Waals surface area contributed by atoms with Crippen LogP contribution in [0.15, 0.2) is 33.5 Å². The van der Waals surface area contributed by atoms with Crippen molar-refractivity contribution in [3.05, 3.63) is 34.0 Å². The van der Waals surface area contributed by atoms with Gasteiger partial charge in [0.05, 0.1) is 13.2 Å². The predicted octanol–water partition coefficient (Wildman–Crippen LogP) is 2.88. The Morgan fingerprint density at radius 3 is 3.10 bits per heavy atom. The van der Waals surface area contributed by atoms with Crippen molar-refractivity contribution in [1.82, 2.24) is 10.2 Å². The fraction of sp³-hybridized carbons (Fsp3) is 0.562. The third kappa shape index (κ3) is 5.52. The third-order valence-corrected chi connectivity index (χ3v) is 4.18. The Hall–Kier alpha value is -1.33. The fourth-order valence-corrected chi connectivity index (χ4v) is 2.96. The Morgan fingerprint density at radius 1 is 1.52 bits per heavy atom. The summed E-state index contributed by atoms with van der Waals surface area (Å²) in [4.78, 5) is 6.93. The van der Waals surface area contributed by atoms with Gasteiger partial charge in [0.25, 0.3) is 0 Å². The molecule has 0 saturated heterocycles. The number of rotatable bonds is 6. The van der Waals surface area contributed by atoms with Gasteiger partial charge in [0.2, 0.25) is 0 Å². The van der Waals surface area contributed by atoms with Gasteiger partial charge in [0.1, 0.15) is 0 Å². The zero-order chi connectivity index (χ0) is 14.9. The average molecular weight is 307 g/mol. The Labute approximate surface area is 131 Å². The van der Waals surface area contributed by atoms with Crippen LogP contribution >= 0.6 is 11.3 Å². The summed E-state index contributed by atoms with van der Waals surface area (Å²) in [5.74, 6) is 0.983. The zero-order valence-electron chi connectivity index (χ0n) is 13.0. The van der Waals surface area contributed by atoms with Gasteiger partial charge >= 0.3 is 0 Å². The number of thiophene rings is 1. The molecule has 1 aromatic heterocycles. The topological polar surface area (TPSA) is 36.9 Å². The maximum atomic E-state index is 5.33. The van der Waals surface area contributed by atoms with Crippen molar-refractivity contribution in [3.63, 3.8) is 0 Å². The van der Waals surface area contributed by atoms with Crippen LogP contribution in [0.25, 0.3) is 0 Å². The van der Waals surface area contributed by atoms with Crippen LogP contribution in [0.4, 0.5) is 0 Å². The van der Waals surface area contributed by atoms with Crippen molar-refractivity contribution in [1.29, 1.82) is 0 Å². The largest absolute Gasteiger partial charge is 0.377 e. The zero-order valence-corrected chi connectivity index (χ0v) is 13.8. The highest BCUT2D eigenvalue weighted by Gasteiger charge is 2.07. The molecule has 4 nitrogen and oxygen atoms in total. The first-order chi connectivity index (χ1) is 10.3. The van der Waals surface area contributed by atoms with Crippen LogP contribution in [0.1, 0.15) is 25.3 Å². The van der Waals surface area contributed by atoms with E-state index in [1.807, 2.05) is 0 Å². The van der Waals surface area contributed by atoms with Gasteiger partial charge in [-0.05, 0) is 42.2 Å². The second kappa shape index (κ2) is 8.85. The van der Waals surface area contributed by atoms with Crippen LogP contribution in [0.3, 0.4) is 0 Å². The van der Waals surface area contributed by atoms with Crippen molar-refractivity contribution in [2.24, 2.45) is 4.99 Å². The molecule has 2 rings (SSSR count). The summed E-state index contributed by atoms with van der Waals surface area (Å²) in [6, 6.07) is 2.16. The van der Waals surface area contributed by atoms with E-state index in [4.69, 9.17) is 9.73 Å². The summed E-state index contributed by atoms with van der Waals surface area (Å²) < 4.78 is 5.33. The minimum Gasteiger partial charge on any atom is -0.377 e. The normalized spacial score (nSPS) is 15.7. The molecule has 0 amide bonds. The monoisotopic (exact) mass is 307 g/mol. The Morgan fingerprint density at radius 2 is 2.43 bits per heavy atom. The van der Waals surface area contributed by atoms with Gasteiger partial charge in [0.15, 0.2) is 5.96 Å². The van der Waals surface area contributed by atoms with E-state index in [0.29, 0.717) is 0 Å². The maximum absolute atomic E-state index is 5.33. The quantitative estimate of drug-likeness (QED) is 0.499. The molecule has 21 heavy (non-hydrogen) atoms. The molecule has 2 heterocycles. The molecule has 1 aliphatic rings. The smallest absolute Gasteiger partial charge is 0.193 e. The first kappa shape index (κ1) is 16.0. The molecule has 0 atom stereocenters. The van der Waals surface area contributed by atoms with E-state index in [1.54, 1.807) is 11.3 Å². The Balaban J connectivity index is 1.87.